The number of fused-ring (bicyclic) bond motifs is 10. The molecule has 0 radical (unpaired) electrons. The molecule has 1 aliphatic heterocycles. The number of rotatable bonds is 1. The first-order valence-electron chi connectivity index (χ1n) is 12.3. The molecule has 0 atom stereocenters. The monoisotopic (exact) mass is 466 g/mol. The van der Waals surface area contributed by atoms with Gasteiger partial charge in [-0.05, 0) is 52.6 Å². The lowest BCUT2D eigenvalue weighted by Crippen LogP contribution is -2.95. The summed E-state index contributed by atoms with van der Waals surface area (Å²) in [5.41, 5.74) is 12.3. The van der Waals surface area contributed by atoms with Gasteiger partial charge in [-0.3, -0.25) is 0 Å². The molecule has 0 fully saturated rings. The van der Waals surface area contributed by atoms with Crippen LogP contribution in [0.3, 0.4) is 0 Å². The van der Waals surface area contributed by atoms with Crippen LogP contribution in [0.1, 0.15) is 25.0 Å². The molecule has 0 saturated carbocycles. The Labute approximate surface area is 208 Å². The van der Waals surface area contributed by atoms with E-state index in [1.165, 1.54) is 75.5 Å². The van der Waals surface area contributed by atoms with Crippen molar-refractivity contribution in [2.45, 2.75) is 19.3 Å². The lowest BCUT2D eigenvalue weighted by atomic mass is 9.80. The predicted molar refractivity (Wildman–Crippen MR) is 149 cm³/mol. The fourth-order valence-electron chi connectivity index (χ4n) is 6.60. The van der Waals surface area contributed by atoms with Crippen molar-refractivity contribution >= 4 is 48.6 Å². The van der Waals surface area contributed by atoms with E-state index in [4.69, 9.17) is 0 Å². The summed E-state index contributed by atoms with van der Waals surface area (Å²) in [6, 6.07) is 38.4. The summed E-state index contributed by atoms with van der Waals surface area (Å²) < 4.78 is 2.76. The molecule has 0 saturated heterocycles. The Balaban J connectivity index is 1.37. The molecule has 6 aromatic rings. The predicted octanol–water partition coefficient (Wildman–Crippen LogP) is 8.52. The highest BCUT2D eigenvalue weighted by molar-refractivity contribution is 7.25. The minimum absolute atomic E-state index is 0.0672. The van der Waals surface area contributed by atoms with Gasteiger partial charge >= 0.3 is 0 Å². The second kappa shape index (κ2) is 6.69. The van der Waals surface area contributed by atoms with Crippen molar-refractivity contribution in [2.75, 3.05) is 0 Å². The maximum Gasteiger partial charge on any atom is 0.149 e. The number of hydrogen-bond donors (Lipinski definition) is 1. The van der Waals surface area contributed by atoms with E-state index in [-0.39, 0.29) is 5.41 Å². The topological polar surface area (TPSA) is 4.44 Å². The van der Waals surface area contributed by atoms with Gasteiger partial charge in [-0.2, -0.15) is 0 Å². The summed E-state index contributed by atoms with van der Waals surface area (Å²) >= 11 is 1.91. The molecule has 1 aliphatic carbocycles. The van der Waals surface area contributed by atoms with Gasteiger partial charge in [-0.15, -0.1) is 11.3 Å². The third kappa shape index (κ3) is 2.46. The first-order chi connectivity index (χ1) is 17.1. The van der Waals surface area contributed by atoms with Gasteiger partial charge in [0.2, 0.25) is 0 Å². The zero-order valence-corrected chi connectivity index (χ0v) is 20.5. The number of hydrogen-bond acceptors (Lipinski definition) is 1. The molecule has 8 rings (SSSR count). The average Bonchev–Trinajstić information content (AvgIpc) is 3.50. The lowest BCUT2D eigenvalue weighted by molar-refractivity contribution is -0.677. The van der Waals surface area contributed by atoms with Crippen LogP contribution in [-0.4, -0.2) is 0 Å². The van der Waals surface area contributed by atoms with Crippen molar-refractivity contribution in [3.05, 3.63) is 114 Å². The van der Waals surface area contributed by atoms with Crippen molar-refractivity contribution in [1.29, 1.82) is 0 Å². The van der Waals surface area contributed by atoms with Gasteiger partial charge in [0.1, 0.15) is 17.1 Å². The molecule has 0 spiro atoms. The minimum atomic E-state index is -0.0672. The van der Waals surface area contributed by atoms with Crippen molar-refractivity contribution in [1.82, 2.24) is 0 Å². The molecule has 1 N–H and O–H groups in total. The molecule has 1 aromatic heterocycles. The zero-order chi connectivity index (χ0) is 23.3. The van der Waals surface area contributed by atoms with Crippen LogP contribution in [0.15, 0.2) is 103 Å². The van der Waals surface area contributed by atoms with Gasteiger partial charge in [-0.25, -0.2) is 4.90 Å². The van der Waals surface area contributed by atoms with Gasteiger partial charge < -0.3 is 0 Å². The van der Waals surface area contributed by atoms with Gasteiger partial charge in [-0.1, -0.05) is 62.4 Å². The van der Waals surface area contributed by atoms with Crippen molar-refractivity contribution in [3.63, 3.8) is 0 Å². The Kier molecular flexibility index (Phi) is 3.74. The second-order valence-electron chi connectivity index (χ2n) is 10.3. The van der Waals surface area contributed by atoms with E-state index < -0.39 is 0 Å². The third-order valence-corrected chi connectivity index (χ3v) is 9.26. The maximum atomic E-state index is 2.48. The number of quaternary nitrogens is 1. The highest BCUT2D eigenvalue weighted by Gasteiger charge is 2.40. The Morgan fingerprint density at radius 2 is 1.26 bits per heavy atom. The quantitative estimate of drug-likeness (QED) is 0.247. The standard InChI is InChI=1S/C33H23NS/c1-33(2)26-19-20(34-27-12-6-3-9-22(27)23-10-4-7-13-28(23)34)15-16-21(26)24-17-18-30-31(32(24)33)25-11-5-8-14-29(25)35-30/h3-19H,1-2H3/p+1. The Hall–Kier alpha value is -3.72. The molecule has 0 unspecified atom stereocenters. The van der Waals surface area contributed by atoms with E-state index in [9.17, 15) is 0 Å². The van der Waals surface area contributed by atoms with Crippen molar-refractivity contribution in [3.8, 4) is 22.3 Å². The zero-order valence-electron chi connectivity index (χ0n) is 19.7. The highest BCUT2D eigenvalue weighted by Crippen LogP contribution is 2.54. The minimum Gasteiger partial charge on any atom is -0.237 e. The molecule has 1 nitrogen and oxygen atoms in total. The fraction of sp³-hybridized carbons (Fsp3) is 0.0909. The molecular formula is C33H24NS+. The summed E-state index contributed by atoms with van der Waals surface area (Å²) in [5.74, 6) is 0. The van der Waals surface area contributed by atoms with Crippen LogP contribution in [-0.2, 0) is 5.41 Å². The van der Waals surface area contributed by atoms with E-state index in [1.807, 2.05) is 11.3 Å². The number of thiophene rings is 1. The van der Waals surface area contributed by atoms with Crippen LogP contribution in [0.2, 0.25) is 0 Å². The summed E-state index contributed by atoms with van der Waals surface area (Å²) in [6.45, 7) is 4.82. The first-order valence-corrected chi connectivity index (χ1v) is 13.1. The van der Waals surface area contributed by atoms with E-state index in [0.29, 0.717) is 0 Å². The SMILES string of the molecule is CC1(C)c2cc([NH+]3c4ccccc4-c4ccccc43)ccc2-c2ccc3sc4ccccc4c3c21. The molecule has 5 aromatic carbocycles. The van der Waals surface area contributed by atoms with Gasteiger partial charge in [0, 0.05) is 61.0 Å². The van der Waals surface area contributed by atoms with E-state index in [0.717, 1.165) is 0 Å². The summed E-state index contributed by atoms with van der Waals surface area (Å²) in [4.78, 5) is 1.36. The highest BCUT2D eigenvalue weighted by atomic mass is 32.1. The van der Waals surface area contributed by atoms with Crippen LogP contribution >= 0.6 is 11.3 Å². The molecule has 2 aliphatic rings. The van der Waals surface area contributed by atoms with Gasteiger partial charge in [0.25, 0.3) is 0 Å². The number of nitrogens with one attached hydrogen (secondary N) is 1. The Morgan fingerprint density at radius 3 is 2.03 bits per heavy atom. The Morgan fingerprint density at radius 1 is 0.600 bits per heavy atom. The van der Waals surface area contributed by atoms with Crippen LogP contribution in [0.4, 0.5) is 17.1 Å². The summed E-state index contributed by atoms with van der Waals surface area (Å²) in [5, 5.41) is 2.83. The van der Waals surface area contributed by atoms with Crippen LogP contribution < -0.4 is 4.90 Å². The van der Waals surface area contributed by atoms with Gasteiger partial charge in [0.15, 0.2) is 0 Å². The summed E-state index contributed by atoms with van der Waals surface area (Å²) in [6.07, 6.45) is 0. The molecule has 0 amide bonds. The number of para-hydroxylation sites is 2. The normalized spacial score (nSPS) is 15.3. The van der Waals surface area contributed by atoms with Crippen molar-refractivity contribution in [2.24, 2.45) is 0 Å². The Bertz CT molecular complexity index is 1790. The van der Waals surface area contributed by atoms with Crippen LogP contribution in [0.25, 0.3) is 42.4 Å². The van der Waals surface area contributed by atoms with E-state index >= 15 is 0 Å². The molecule has 166 valence electrons. The van der Waals surface area contributed by atoms with E-state index in [2.05, 4.69) is 117 Å². The second-order valence-corrected chi connectivity index (χ2v) is 11.4. The first kappa shape index (κ1) is 19.6. The largest absolute Gasteiger partial charge is 0.237 e. The molecule has 35 heavy (non-hydrogen) atoms. The maximum absolute atomic E-state index is 2.48. The van der Waals surface area contributed by atoms with E-state index in [1.54, 1.807) is 0 Å². The van der Waals surface area contributed by atoms with Crippen molar-refractivity contribution < 1.29 is 4.90 Å². The van der Waals surface area contributed by atoms with Gasteiger partial charge in [0.05, 0.1) is 0 Å². The molecule has 0 bridgehead atoms. The third-order valence-electron chi connectivity index (χ3n) is 8.12. The van der Waals surface area contributed by atoms with Crippen LogP contribution in [0, 0.1) is 0 Å². The fourth-order valence-corrected chi connectivity index (χ4v) is 7.72. The summed E-state index contributed by atoms with van der Waals surface area (Å²) in [7, 11) is 0. The number of benzene rings is 5. The molecule has 2 heteroatoms. The van der Waals surface area contributed by atoms with Crippen LogP contribution in [0.5, 0.6) is 0 Å². The average molecular weight is 467 g/mol. The lowest BCUT2D eigenvalue weighted by Gasteiger charge is -2.24. The smallest absolute Gasteiger partial charge is 0.149 e. The molecular weight excluding hydrogens is 442 g/mol. The molecule has 2 heterocycles.